The van der Waals surface area contributed by atoms with Crippen molar-refractivity contribution >= 4 is 5.91 Å². The SMILES string of the molecule is C=C1C[C@H](C(=O)n2cccc2)[C@@H](C#Cc2ccccc2)[C@H]1C(F)(F)F. The van der Waals surface area contributed by atoms with Crippen molar-refractivity contribution in [1.82, 2.24) is 4.57 Å². The summed E-state index contributed by atoms with van der Waals surface area (Å²) in [6, 6.07) is 12.1. The van der Waals surface area contributed by atoms with Crippen LogP contribution in [0, 0.1) is 29.6 Å². The molecule has 0 N–H and O–H groups in total. The van der Waals surface area contributed by atoms with Crippen LogP contribution in [-0.4, -0.2) is 16.7 Å². The van der Waals surface area contributed by atoms with Gasteiger partial charge in [0.15, 0.2) is 0 Å². The zero-order valence-electron chi connectivity index (χ0n) is 13.3. The summed E-state index contributed by atoms with van der Waals surface area (Å²) in [6.45, 7) is 3.57. The van der Waals surface area contributed by atoms with Crippen LogP contribution in [0.4, 0.5) is 13.2 Å². The molecule has 0 radical (unpaired) electrons. The number of halogens is 3. The monoisotopic (exact) mass is 343 g/mol. The van der Waals surface area contributed by atoms with Gasteiger partial charge in [0.25, 0.3) is 0 Å². The Morgan fingerprint density at radius 3 is 2.36 bits per heavy atom. The average molecular weight is 343 g/mol. The summed E-state index contributed by atoms with van der Waals surface area (Å²) in [5.74, 6) is 1.34. The van der Waals surface area contributed by atoms with Crippen molar-refractivity contribution in [2.75, 3.05) is 0 Å². The highest BCUT2D eigenvalue weighted by atomic mass is 19.4. The summed E-state index contributed by atoms with van der Waals surface area (Å²) in [4.78, 5) is 12.6. The van der Waals surface area contributed by atoms with E-state index in [4.69, 9.17) is 0 Å². The van der Waals surface area contributed by atoms with Crippen molar-refractivity contribution in [1.29, 1.82) is 0 Å². The average Bonchev–Trinajstić information content (AvgIpc) is 3.20. The molecule has 1 aliphatic rings. The first-order valence-corrected chi connectivity index (χ1v) is 7.86. The second-order valence-electron chi connectivity index (χ2n) is 6.08. The standard InChI is InChI=1S/C20H16F3NO/c1-14-13-17(19(25)24-11-5-6-12-24)16(18(14)20(21,22)23)10-9-15-7-3-2-4-8-15/h2-8,11-12,16-18H,1,13H2/t16-,17+,18+/m1/s1. The van der Waals surface area contributed by atoms with Gasteiger partial charge >= 0.3 is 6.18 Å². The minimum atomic E-state index is -4.47. The largest absolute Gasteiger partial charge is 0.396 e. The minimum absolute atomic E-state index is 0.00464. The molecule has 1 saturated carbocycles. The first-order chi connectivity index (χ1) is 11.9. The van der Waals surface area contributed by atoms with Crippen LogP contribution in [0.3, 0.4) is 0 Å². The maximum Gasteiger partial charge on any atom is 0.396 e. The lowest BCUT2D eigenvalue weighted by Gasteiger charge is -2.22. The maximum absolute atomic E-state index is 13.5. The molecule has 25 heavy (non-hydrogen) atoms. The molecule has 1 aliphatic carbocycles. The molecule has 1 aromatic heterocycles. The summed E-state index contributed by atoms with van der Waals surface area (Å²) < 4.78 is 41.9. The molecule has 0 bridgehead atoms. The van der Waals surface area contributed by atoms with E-state index in [9.17, 15) is 18.0 Å². The van der Waals surface area contributed by atoms with Gasteiger partial charge in [0.2, 0.25) is 5.91 Å². The number of carbonyl (C=O) groups excluding carboxylic acids is 1. The lowest BCUT2D eigenvalue weighted by molar-refractivity contribution is -0.169. The van der Waals surface area contributed by atoms with Gasteiger partial charge < -0.3 is 0 Å². The zero-order chi connectivity index (χ0) is 18.0. The molecule has 3 rings (SSSR count). The van der Waals surface area contributed by atoms with Crippen LogP contribution in [0.1, 0.15) is 16.8 Å². The van der Waals surface area contributed by atoms with Crippen LogP contribution < -0.4 is 0 Å². The topological polar surface area (TPSA) is 22.0 Å². The third-order valence-corrected chi connectivity index (χ3v) is 4.40. The van der Waals surface area contributed by atoms with E-state index in [0.29, 0.717) is 5.56 Å². The first kappa shape index (κ1) is 17.1. The second-order valence-corrected chi connectivity index (χ2v) is 6.08. The summed E-state index contributed by atoms with van der Waals surface area (Å²) in [7, 11) is 0. The number of benzene rings is 1. The number of hydrogen-bond acceptors (Lipinski definition) is 1. The molecule has 2 nitrogen and oxygen atoms in total. The van der Waals surface area contributed by atoms with Crippen molar-refractivity contribution in [2.45, 2.75) is 12.6 Å². The molecular formula is C20H16F3NO. The molecule has 3 atom stereocenters. The fraction of sp³-hybridized carbons (Fsp3) is 0.250. The van der Waals surface area contributed by atoms with E-state index in [0.717, 1.165) is 0 Å². The lowest BCUT2D eigenvalue weighted by atomic mass is 9.88. The Hall–Kier alpha value is -2.74. The Kier molecular flexibility index (Phi) is 4.54. The van der Waals surface area contributed by atoms with Crippen LogP contribution >= 0.6 is 0 Å². The molecule has 0 amide bonds. The van der Waals surface area contributed by atoms with Gasteiger partial charge in [0.1, 0.15) is 0 Å². The highest BCUT2D eigenvalue weighted by Crippen LogP contribution is 2.49. The van der Waals surface area contributed by atoms with Gasteiger partial charge in [0, 0.05) is 23.9 Å². The molecule has 0 spiro atoms. The van der Waals surface area contributed by atoms with E-state index >= 15 is 0 Å². The fourth-order valence-electron chi connectivity index (χ4n) is 3.24. The number of nitrogens with zero attached hydrogens (tertiary/aromatic N) is 1. The Bertz CT molecular complexity index is 825. The van der Waals surface area contributed by atoms with Crippen LogP contribution in [-0.2, 0) is 0 Å². The highest BCUT2D eigenvalue weighted by Gasteiger charge is 2.54. The van der Waals surface area contributed by atoms with Crippen molar-refractivity contribution < 1.29 is 18.0 Å². The molecule has 0 saturated heterocycles. The van der Waals surface area contributed by atoms with Crippen LogP contribution in [0.15, 0.2) is 67.0 Å². The molecule has 0 unspecified atom stereocenters. The molecule has 128 valence electrons. The summed E-state index contributed by atoms with van der Waals surface area (Å²) >= 11 is 0. The zero-order valence-corrected chi connectivity index (χ0v) is 13.3. The quantitative estimate of drug-likeness (QED) is 0.550. The smallest absolute Gasteiger partial charge is 0.294 e. The Labute approximate surface area is 144 Å². The molecule has 1 heterocycles. The van der Waals surface area contributed by atoms with Gasteiger partial charge in [-0.1, -0.05) is 42.2 Å². The van der Waals surface area contributed by atoms with E-state index in [1.165, 1.54) is 17.0 Å². The number of rotatable bonds is 1. The van der Waals surface area contributed by atoms with E-state index in [-0.39, 0.29) is 17.9 Å². The fourth-order valence-corrected chi connectivity index (χ4v) is 3.24. The Morgan fingerprint density at radius 2 is 1.76 bits per heavy atom. The number of carbonyl (C=O) groups is 1. The molecular weight excluding hydrogens is 327 g/mol. The Morgan fingerprint density at radius 1 is 1.12 bits per heavy atom. The maximum atomic E-state index is 13.5. The van der Waals surface area contributed by atoms with E-state index < -0.39 is 23.9 Å². The van der Waals surface area contributed by atoms with E-state index in [1.807, 2.05) is 0 Å². The third-order valence-electron chi connectivity index (χ3n) is 4.40. The highest BCUT2D eigenvalue weighted by molar-refractivity contribution is 5.83. The van der Waals surface area contributed by atoms with Crippen molar-refractivity contribution in [2.24, 2.45) is 17.8 Å². The van der Waals surface area contributed by atoms with Crippen molar-refractivity contribution in [3.05, 3.63) is 72.6 Å². The van der Waals surface area contributed by atoms with Gasteiger partial charge in [-0.05, 0) is 30.7 Å². The van der Waals surface area contributed by atoms with Crippen molar-refractivity contribution in [3.63, 3.8) is 0 Å². The minimum Gasteiger partial charge on any atom is -0.294 e. The van der Waals surface area contributed by atoms with Crippen LogP contribution in [0.2, 0.25) is 0 Å². The predicted molar refractivity (Wildman–Crippen MR) is 88.7 cm³/mol. The molecule has 2 aromatic rings. The Balaban J connectivity index is 1.98. The van der Waals surface area contributed by atoms with Crippen molar-refractivity contribution in [3.8, 4) is 11.8 Å². The van der Waals surface area contributed by atoms with Gasteiger partial charge in [-0.3, -0.25) is 9.36 Å². The number of aromatic nitrogens is 1. The molecule has 5 heteroatoms. The van der Waals surface area contributed by atoms with E-state index in [1.54, 1.807) is 42.5 Å². The number of alkyl halides is 3. The third kappa shape index (κ3) is 3.53. The van der Waals surface area contributed by atoms with Gasteiger partial charge in [-0.25, -0.2) is 0 Å². The lowest BCUT2D eigenvalue weighted by Crippen LogP contribution is -2.32. The summed E-state index contributed by atoms with van der Waals surface area (Å²) in [6.07, 6.45) is -1.41. The normalized spacial score (nSPS) is 23.2. The van der Waals surface area contributed by atoms with Crippen LogP contribution in [0.5, 0.6) is 0 Å². The number of allylic oxidation sites excluding steroid dienone is 1. The van der Waals surface area contributed by atoms with Gasteiger partial charge in [-0.2, -0.15) is 13.2 Å². The van der Waals surface area contributed by atoms with Gasteiger partial charge in [0.05, 0.1) is 11.8 Å². The molecule has 0 aliphatic heterocycles. The summed E-state index contributed by atoms with van der Waals surface area (Å²) in [5, 5.41) is 0. The van der Waals surface area contributed by atoms with Gasteiger partial charge in [-0.15, -0.1) is 0 Å². The molecule has 1 fully saturated rings. The molecule has 1 aromatic carbocycles. The van der Waals surface area contributed by atoms with Crippen LogP contribution in [0.25, 0.3) is 0 Å². The second kappa shape index (κ2) is 6.64. The van der Waals surface area contributed by atoms with E-state index in [2.05, 4.69) is 18.4 Å². The predicted octanol–water partition coefficient (Wildman–Crippen LogP) is 4.55. The first-order valence-electron chi connectivity index (χ1n) is 7.86. The summed E-state index contributed by atoms with van der Waals surface area (Å²) in [5.41, 5.74) is 0.637. The number of hydrogen-bond donors (Lipinski definition) is 0.